The van der Waals surface area contributed by atoms with E-state index in [4.69, 9.17) is 4.74 Å². The Balaban J connectivity index is 2.05. The highest BCUT2D eigenvalue weighted by molar-refractivity contribution is 9.10. The number of piperidine rings is 1. The van der Waals surface area contributed by atoms with Crippen LogP contribution in [-0.2, 0) is 27.1 Å². The molecule has 148 valence electrons. The molecule has 0 bridgehead atoms. The van der Waals surface area contributed by atoms with Crippen LogP contribution in [0, 0.1) is 0 Å². The highest BCUT2D eigenvalue weighted by Gasteiger charge is 2.27. The number of anilines is 1. The van der Waals surface area contributed by atoms with Crippen molar-refractivity contribution in [2.24, 2.45) is 0 Å². The Morgan fingerprint density at radius 2 is 2.15 bits per heavy atom. The van der Waals surface area contributed by atoms with Crippen molar-refractivity contribution in [2.45, 2.75) is 38.8 Å². The second-order valence-electron chi connectivity index (χ2n) is 6.42. The zero-order valence-corrected chi connectivity index (χ0v) is 18.3. The van der Waals surface area contributed by atoms with Crippen molar-refractivity contribution in [3.8, 4) is 0 Å². The van der Waals surface area contributed by atoms with Gasteiger partial charge < -0.3 is 9.64 Å². The van der Waals surface area contributed by atoms with Gasteiger partial charge in [0.25, 0.3) is 6.47 Å². The highest BCUT2D eigenvalue weighted by atomic mass is 79.9. The van der Waals surface area contributed by atoms with E-state index in [-0.39, 0.29) is 6.61 Å². The molecule has 7 heteroatoms. The van der Waals surface area contributed by atoms with Crippen molar-refractivity contribution >= 4 is 39.1 Å². The number of hydrogen-bond acceptors (Lipinski definition) is 4. The first-order valence-corrected chi connectivity index (χ1v) is 11.0. The third-order valence-corrected chi connectivity index (χ3v) is 7.01. The summed E-state index contributed by atoms with van der Waals surface area (Å²) < 4.78 is 20.7. The molecule has 0 radical (unpaired) electrons. The summed E-state index contributed by atoms with van der Waals surface area (Å²) in [5.41, 5.74) is 2.02. The van der Waals surface area contributed by atoms with Crippen molar-refractivity contribution < 1.29 is 13.7 Å². The first kappa shape index (κ1) is 21.9. The van der Waals surface area contributed by atoms with Crippen LogP contribution in [0.25, 0.3) is 0 Å². The van der Waals surface area contributed by atoms with E-state index >= 15 is 0 Å². The third kappa shape index (κ3) is 5.77. The second-order valence-corrected chi connectivity index (χ2v) is 8.88. The van der Waals surface area contributed by atoms with Crippen LogP contribution in [-0.4, -0.2) is 41.2 Å². The fourth-order valence-electron chi connectivity index (χ4n) is 3.33. The molecule has 1 aliphatic rings. The van der Waals surface area contributed by atoms with Gasteiger partial charge in [0, 0.05) is 46.8 Å². The summed E-state index contributed by atoms with van der Waals surface area (Å²) in [4.78, 5) is 13.7. The lowest BCUT2D eigenvalue weighted by Crippen LogP contribution is -2.44. The molecule has 1 aromatic carbocycles. The summed E-state index contributed by atoms with van der Waals surface area (Å²) in [6.07, 6.45) is 6.18. The Morgan fingerprint density at radius 3 is 2.74 bits per heavy atom. The van der Waals surface area contributed by atoms with Gasteiger partial charge >= 0.3 is 0 Å². The molecule has 5 nitrogen and oxygen atoms in total. The lowest BCUT2D eigenvalue weighted by Gasteiger charge is -2.38. The molecule has 2 rings (SSSR count). The Labute approximate surface area is 172 Å². The van der Waals surface area contributed by atoms with Crippen LogP contribution < -0.4 is 4.90 Å². The Hall–Kier alpha value is -1.44. The quantitative estimate of drug-likeness (QED) is 0.415. The minimum Gasteiger partial charge on any atom is -0.463 e. The lowest BCUT2D eigenvalue weighted by molar-refractivity contribution is -0.129. The predicted octanol–water partition coefficient (Wildman–Crippen LogP) is 4.17. The van der Waals surface area contributed by atoms with E-state index in [9.17, 15) is 9.00 Å². The van der Waals surface area contributed by atoms with Crippen LogP contribution in [0.4, 0.5) is 5.69 Å². The molecular formula is C20H27BrN2O3S. The maximum absolute atomic E-state index is 12.7. The van der Waals surface area contributed by atoms with Crippen LogP contribution in [0.2, 0.25) is 0 Å². The van der Waals surface area contributed by atoms with Gasteiger partial charge in [0.1, 0.15) is 17.6 Å². The fourth-order valence-corrected chi connectivity index (χ4v) is 5.07. The highest BCUT2D eigenvalue weighted by Crippen LogP contribution is 2.29. The Kier molecular flexibility index (Phi) is 8.73. The first-order valence-electron chi connectivity index (χ1n) is 9.06. The fraction of sp³-hybridized carbons (Fsp3) is 0.450. The Bertz CT molecular complexity index is 715. The van der Waals surface area contributed by atoms with Crippen LogP contribution in [0.5, 0.6) is 0 Å². The second kappa shape index (κ2) is 10.8. The maximum atomic E-state index is 12.7. The largest absolute Gasteiger partial charge is 0.463 e. The van der Waals surface area contributed by atoms with E-state index in [1.54, 1.807) is 6.08 Å². The van der Waals surface area contributed by atoms with Crippen molar-refractivity contribution in [3.05, 3.63) is 51.9 Å². The topological polar surface area (TPSA) is 49.9 Å². The maximum Gasteiger partial charge on any atom is 0.293 e. The molecule has 0 N–H and O–H groups in total. The molecule has 1 atom stereocenters. The molecule has 0 spiro atoms. The smallest absolute Gasteiger partial charge is 0.293 e. The van der Waals surface area contributed by atoms with Crippen molar-refractivity contribution in [1.29, 1.82) is 0 Å². The number of halogens is 1. The molecule has 1 aromatic rings. The molecule has 1 fully saturated rings. The minimum atomic E-state index is -1.09. The standard InChI is InChI=1S/C20H27BrN2O3S/c1-4-6-19(5-2)27(25)23-11-9-18(10-12-23)22(3)20-8-7-17(21)13-16(20)14-26-15-24/h4,6-8,13,15,18H,1,5,9-12,14H2,2-3H3/b19-6-. The summed E-state index contributed by atoms with van der Waals surface area (Å²) in [5, 5.41) is 0. The van der Waals surface area contributed by atoms with Gasteiger partial charge in [0.05, 0.1) is 0 Å². The minimum absolute atomic E-state index is 0.248. The SMILES string of the molecule is C=C/C=C(/CC)S(=O)N1CCC(N(C)c2ccc(Br)cc2COC=O)CC1. The number of nitrogens with zero attached hydrogens (tertiary/aromatic N) is 2. The number of hydrogen-bond donors (Lipinski definition) is 0. The molecular weight excluding hydrogens is 428 g/mol. The Morgan fingerprint density at radius 1 is 1.44 bits per heavy atom. The van der Waals surface area contributed by atoms with Gasteiger partial charge in [-0.15, -0.1) is 0 Å². The normalized spacial score (nSPS) is 17.4. The molecule has 27 heavy (non-hydrogen) atoms. The first-order chi connectivity index (χ1) is 13.0. The van der Waals surface area contributed by atoms with E-state index in [1.165, 1.54) is 0 Å². The van der Waals surface area contributed by atoms with Gasteiger partial charge in [0.2, 0.25) is 0 Å². The number of ether oxygens (including phenoxy) is 1. The van der Waals surface area contributed by atoms with E-state index in [2.05, 4.69) is 34.5 Å². The monoisotopic (exact) mass is 454 g/mol. The molecule has 1 unspecified atom stereocenters. The third-order valence-electron chi connectivity index (χ3n) is 4.81. The summed E-state index contributed by atoms with van der Waals surface area (Å²) >= 11 is 3.47. The van der Waals surface area contributed by atoms with E-state index in [0.29, 0.717) is 12.5 Å². The number of carbonyl (C=O) groups excluding carboxylic acids is 1. The van der Waals surface area contributed by atoms with Crippen LogP contribution in [0.15, 0.2) is 46.3 Å². The van der Waals surface area contributed by atoms with Crippen molar-refractivity contribution in [3.63, 3.8) is 0 Å². The van der Waals surface area contributed by atoms with Gasteiger partial charge in [-0.1, -0.05) is 35.5 Å². The average Bonchev–Trinajstić information content (AvgIpc) is 2.69. The molecule has 0 aliphatic carbocycles. The zero-order chi connectivity index (χ0) is 19.8. The van der Waals surface area contributed by atoms with Crippen molar-refractivity contribution in [1.82, 2.24) is 4.31 Å². The van der Waals surface area contributed by atoms with E-state index in [0.717, 1.165) is 53.0 Å². The predicted molar refractivity (Wildman–Crippen MR) is 115 cm³/mol. The number of benzene rings is 1. The van der Waals surface area contributed by atoms with Gasteiger partial charge in [-0.3, -0.25) is 4.79 Å². The van der Waals surface area contributed by atoms with Crippen LogP contribution in [0.1, 0.15) is 31.7 Å². The van der Waals surface area contributed by atoms with Gasteiger partial charge in [-0.25, -0.2) is 8.51 Å². The molecule has 1 heterocycles. The van der Waals surface area contributed by atoms with Crippen LogP contribution >= 0.6 is 15.9 Å². The van der Waals surface area contributed by atoms with Gasteiger partial charge in [0.15, 0.2) is 0 Å². The average molecular weight is 455 g/mol. The molecule has 1 saturated heterocycles. The summed E-state index contributed by atoms with van der Waals surface area (Å²) in [6.45, 7) is 8.02. The summed E-state index contributed by atoms with van der Waals surface area (Å²) in [6, 6.07) is 6.37. The summed E-state index contributed by atoms with van der Waals surface area (Å²) in [5.74, 6) is 0. The molecule has 0 aromatic heterocycles. The number of carbonyl (C=O) groups is 1. The zero-order valence-electron chi connectivity index (χ0n) is 15.9. The number of allylic oxidation sites excluding steroid dienone is 3. The van der Waals surface area contributed by atoms with Gasteiger partial charge in [-0.2, -0.15) is 0 Å². The van der Waals surface area contributed by atoms with Crippen molar-refractivity contribution in [2.75, 3.05) is 25.0 Å². The molecule has 0 amide bonds. The lowest BCUT2D eigenvalue weighted by atomic mass is 10.0. The van der Waals surface area contributed by atoms with Crippen LogP contribution in [0.3, 0.4) is 0 Å². The molecule has 1 aliphatic heterocycles. The van der Waals surface area contributed by atoms with Gasteiger partial charge in [-0.05, 0) is 43.5 Å². The van der Waals surface area contributed by atoms with E-state index in [1.807, 2.05) is 35.5 Å². The summed E-state index contributed by atoms with van der Waals surface area (Å²) in [7, 11) is 0.981. The number of rotatable bonds is 9. The molecule has 0 saturated carbocycles. The van der Waals surface area contributed by atoms with E-state index < -0.39 is 11.0 Å².